The van der Waals surface area contributed by atoms with Gasteiger partial charge >= 0.3 is 12.1 Å². The van der Waals surface area contributed by atoms with Crippen molar-refractivity contribution in [2.45, 2.75) is 19.1 Å². The third-order valence-corrected chi connectivity index (χ3v) is 7.13. The van der Waals surface area contributed by atoms with Crippen LogP contribution >= 0.6 is 0 Å². The van der Waals surface area contributed by atoms with Gasteiger partial charge in [-0.15, -0.1) is 0 Å². The van der Waals surface area contributed by atoms with E-state index in [-0.39, 0.29) is 35.7 Å². The van der Waals surface area contributed by atoms with Crippen LogP contribution in [0.1, 0.15) is 53.3 Å². The van der Waals surface area contributed by atoms with Crippen molar-refractivity contribution in [2.24, 2.45) is 0 Å². The number of anilines is 1. The van der Waals surface area contributed by atoms with E-state index in [1.807, 2.05) is 42.5 Å². The third kappa shape index (κ3) is 8.34. The summed E-state index contributed by atoms with van der Waals surface area (Å²) in [5, 5.41) is 24.3. The Hall–Kier alpha value is -6.10. The number of hydrogen-bond donors (Lipinski definition) is 4. The van der Waals surface area contributed by atoms with E-state index in [0.717, 1.165) is 35.9 Å². The van der Waals surface area contributed by atoms with Crippen molar-refractivity contribution in [1.82, 2.24) is 5.32 Å². The summed E-state index contributed by atoms with van der Waals surface area (Å²) >= 11 is 0. The third-order valence-electron chi connectivity index (χ3n) is 7.13. The maximum atomic E-state index is 13.6. The minimum absolute atomic E-state index is 0.0304. The van der Waals surface area contributed by atoms with Crippen LogP contribution in [0.4, 0.5) is 18.9 Å². The first-order valence-corrected chi connectivity index (χ1v) is 14.2. The summed E-state index contributed by atoms with van der Waals surface area (Å²) in [6, 6.07) is 28.9. The van der Waals surface area contributed by atoms with Crippen molar-refractivity contribution >= 4 is 23.5 Å². The molecule has 0 heterocycles. The summed E-state index contributed by atoms with van der Waals surface area (Å²) in [6.07, 6.45) is -4.73. The zero-order chi connectivity index (χ0) is 33.6. The van der Waals surface area contributed by atoms with E-state index in [0.29, 0.717) is 22.6 Å². The average Bonchev–Trinajstić information content (AvgIpc) is 3.05. The van der Waals surface area contributed by atoms with E-state index >= 15 is 0 Å². The molecule has 0 saturated carbocycles. The molecule has 4 N–H and O–H groups in total. The number of rotatable bonds is 10. The lowest BCUT2D eigenvalue weighted by Crippen LogP contribution is -2.22. The highest BCUT2D eigenvalue weighted by Gasteiger charge is 2.31. The van der Waals surface area contributed by atoms with E-state index in [4.69, 9.17) is 4.74 Å². The van der Waals surface area contributed by atoms with Crippen LogP contribution in [0.2, 0.25) is 0 Å². The molecule has 0 bridgehead atoms. The van der Waals surface area contributed by atoms with Gasteiger partial charge < -0.3 is 25.6 Å². The number of benzene rings is 5. The Morgan fingerprint density at radius 3 is 2.02 bits per heavy atom. The number of carboxylic acids is 1. The van der Waals surface area contributed by atoms with Gasteiger partial charge in [0.25, 0.3) is 11.8 Å². The molecule has 0 aromatic heterocycles. The van der Waals surface area contributed by atoms with Gasteiger partial charge in [0, 0.05) is 23.4 Å². The molecular weight excluding hydrogens is 613 g/mol. The maximum absolute atomic E-state index is 13.6. The monoisotopic (exact) mass is 640 g/mol. The van der Waals surface area contributed by atoms with Gasteiger partial charge in [0.1, 0.15) is 22.8 Å². The van der Waals surface area contributed by atoms with Gasteiger partial charge in [-0.25, -0.2) is 4.79 Å². The van der Waals surface area contributed by atoms with E-state index in [1.54, 1.807) is 36.4 Å². The van der Waals surface area contributed by atoms with E-state index < -0.39 is 34.9 Å². The van der Waals surface area contributed by atoms with Gasteiger partial charge in [-0.2, -0.15) is 13.2 Å². The molecule has 0 atom stereocenters. The van der Waals surface area contributed by atoms with Gasteiger partial charge in [-0.05, 0) is 95.9 Å². The number of hydrogen-bond acceptors (Lipinski definition) is 5. The number of halogens is 3. The molecule has 5 aromatic rings. The number of carbonyl (C=O) groups excluding carboxylic acids is 2. The Labute approximate surface area is 267 Å². The van der Waals surface area contributed by atoms with E-state index in [1.165, 1.54) is 6.07 Å². The molecule has 0 fully saturated rings. The second-order valence-electron chi connectivity index (χ2n) is 10.5. The van der Waals surface area contributed by atoms with E-state index in [9.17, 15) is 37.8 Å². The molecule has 0 aliphatic carbocycles. The van der Waals surface area contributed by atoms with Gasteiger partial charge in [-0.3, -0.25) is 9.59 Å². The van der Waals surface area contributed by atoms with Crippen LogP contribution in [-0.4, -0.2) is 28.0 Å². The molecule has 8 nitrogen and oxygen atoms in total. The second-order valence-corrected chi connectivity index (χ2v) is 10.5. The normalized spacial score (nSPS) is 11.0. The van der Waals surface area contributed by atoms with Crippen molar-refractivity contribution in [2.75, 3.05) is 5.32 Å². The second kappa shape index (κ2) is 13.9. The van der Waals surface area contributed by atoms with Crippen molar-refractivity contribution < 1.29 is 42.5 Å². The predicted octanol–water partition coefficient (Wildman–Crippen LogP) is 7.67. The number of aromatic carboxylic acids is 1. The summed E-state index contributed by atoms with van der Waals surface area (Å²) < 4.78 is 46.5. The Morgan fingerprint density at radius 1 is 0.702 bits per heavy atom. The van der Waals surface area contributed by atoms with Crippen molar-refractivity contribution in [3.8, 4) is 17.2 Å². The number of alkyl halides is 3. The number of phenols is 1. The summed E-state index contributed by atoms with van der Waals surface area (Å²) in [6.45, 7) is 0.254. The summed E-state index contributed by atoms with van der Waals surface area (Å²) in [7, 11) is 0. The van der Waals surface area contributed by atoms with Crippen LogP contribution in [0, 0.1) is 0 Å². The van der Waals surface area contributed by atoms with Crippen LogP contribution in [0.25, 0.3) is 0 Å². The fourth-order valence-corrected chi connectivity index (χ4v) is 4.70. The minimum Gasteiger partial charge on any atom is -0.507 e. The van der Waals surface area contributed by atoms with Crippen LogP contribution in [0.3, 0.4) is 0 Å². The van der Waals surface area contributed by atoms with Crippen LogP contribution in [0.5, 0.6) is 17.2 Å². The number of amides is 2. The first kappa shape index (κ1) is 32.3. The summed E-state index contributed by atoms with van der Waals surface area (Å²) in [4.78, 5) is 37.3. The molecule has 47 heavy (non-hydrogen) atoms. The zero-order valence-corrected chi connectivity index (χ0v) is 24.5. The van der Waals surface area contributed by atoms with Crippen LogP contribution in [-0.2, 0) is 19.1 Å². The van der Waals surface area contributed by atoms with Gasteiger partial charge in [0.2, 0.25) is 0 Å². The fraction of sp³-hybridized carbons (Fsp3) is 0.0833. The maximum Gasteiger partial charge on any atom is 0.416 e. The zero-order valence-electron chi connectivity index (χ0n) is 24.5. The molecule has 0 radical (unpaired) electrons. The molecule has 5 aromatic carbocycles. The highest BCUT2D eigenvalue weighted by Crippen LogP contribution is 2.32. The number of nitrogens with one attached hydrogen (secondary N) is 2. The number of carbonyl (C=O) groups is 3. The summed E-state index contributed by atoms with van der Waals surface area (Å²) in [5.41, 5.74) is 0.350. The molecule has 0 saturated heterocycles. The molecule has 0 unspecified atom stereocenters. The van der Waals surface area contributed by atoms with Crippen LogP contribution in [0.15, 0.2) is 115 Å². The SMILES string of the molecule is O=C(NCc1ccc(Oc2ccccc2)cc1)c1ccc(Cc2cc(C(F)(F)F)ccc2C(=O)Nc2ccc(O)c(C(=O)O)c2)cc1. The smallest absolute Gasteiger partial charge is 0.416 e. The van der Waals surface area contributed by atoms with Crippen LogP contribution < -0.4 is 15.4 Å². The highest BCUT2D eigenvalue weighted by atomic mass is 19.4. The molecule has 11 heteroatoms. The number of para-hydroxylation sites is 1. The molecule has 0 spiro atoms. The largest absolute Gasteiger partial charge is 0.507 e. The average molecular weight is 641 g/mol. The lowest BCUT2D eigenvalue weighted by Gasteiger charge is -2.15. The first-order chi connectivity index (χ1) is 22.5. The van der Waals surface area contributed by atoms with Crippen molar-refractivity contribution in [1.29, 1.82) is 0 Å². The Bertz CT molecular complexity index is 1910. The van der Waals surface area contributed by atoms with Crippen molar-refractivity contribution in [3.63, 3.8) is 0 Å². The Morgan fingerprint density at radius 2 is 1.36 bits per heavy atom. The predicted molar refractivity (Wildman–Crippen MR) is 168 cm³/mol. The lowest BCUT2D eigenvalue weighted by atomic mass is 9.96. The molecule has 0 aliphatic heterocycles. The van der Waals surface area contributed by atoms with Gasteiger partial charge in [0.15, 0.2) is 0 Å². The number of ether oxygens (including phenoxy) is 1. The molecule has 2 amide bonds. The van der Waals surface area contributed by atoms with Gasteiger partial charge in [-0.1, -0.05) is 42.5 Å². The molecule has 238 valence electrons. The lowest BCUT2D eigenvalue weighted by molar-refractivity contribution is -0.137. The number of aromatic hydroxyl groups is 1. The molecular formula is C36H27F3N2O6. The standard InChI is InChI=1S/C36H27F3N2O6/c37-36(38,39)26-12-16-30(34(44)41-27-13-17-32(42)31(20-27)35(45)46)25(19-26)18-22-6-10-24(11-7-22)33(43)40-21-23-8-14-29(15-9-23)47-28-4-2-1-3-5-28/h1-17,19-20,42H,18,21H2,(H,40,43)(H,41,44)(H,45,46). The van der Waals surface area contributed by atoms with E-state index in [2.05, 4.69) is 10.6 Å². The van der Waals surface area contributed by atoms with Crippen molar-refractivity contribution in [3.05, 3.63) is 154 Å². The highest BCUT2D eigenvalue weighted by molar-refractivity contribution is 6.06. The Kier molecular flexibility index (Phi) is 9.55. The Balaban J connectivity index is 1.26. The quantitative estimate of drug-likeness (QED) is 0.116. The molecule has 0 aliphatic rings. The fourth-order valence-electron chi connectivity index (χ4n) is 4.70. The number of carboxylic acid groups (broad SMARTS) is 1. The minimum atomic E-state index is -4.66. The summed E-state index contributed by atoms with van der Waals surface area (Å²) in [5.74, 6) is -1.70. The topological polar surface area (TPSA) is 125 Å². The van der Waals surface area contributed by atoms with Gasteiger partial charge in [0.05, 0.1) is 5.56 Å². The first-order valence-electron chi connectivity index (χ1n) is 14.2. The molecule has 5 rings (SSSR count).